The number of hydrogen-bond acceptors (Lipinski definition) is 2. The standard InChI is InChI=1S/C40H27NO/c1-4-13-28(14-5-1)30-23-25-37(35(27-30)29-15-6-2-7-16-29)41(31-17-8-3-9-18-31)36-21-12-20-33-32(36)24-26-39-40(33)34-19-10-11-22-38(34)42-39/h1-27H. The molecule has 0 bridgehead atoms. The zero-order chi connectivity index (χ0) is 27.9. The number of fused-ring (bicyclic) bond motifs is 5. The molecule has 7 aromatic carbocycles. The highest BCUT2D eigenvalue weighted by molar-refractivity contribution is 6.21. The Hall–Kier alpha value is -5.60. The zero-order valence-corrected chi connectivity index (χ0v) is 22.9. The van der Waals surface area contributed by atoms with Gasteiger partial charge in [-0.05, 0) is 70.6 Å². The Labute approximate surface area is 244 Å². The molecule has 0 saturated heterocycles. The van der Waals surface area contributed by atoms with Gasteiger partial charge in [-0.2, -0.15) is 0 Å². The molecule has 0 fully saturated rings. The second-order valence-electron chi connectivity index (χ2n) is 10.5. The molecule has 0 aliphatic heterocycles. The number of anilines is 3. The van der Waals surface area contributed by atoms with Crippen molar-refractivity contribution in [3.05, 3.63) is 164 Å². The SMILES string of the molecule is c1ccc(-c2ccc(N(c3ccccc3)c3cccc4c3ccc3oc5ccccc5c34)c(-c3ccccc3)c2)cc1. The molecular weight excluding hydrogens is 510 g/mol. The summed E-state index contributed by atoms with van der Waals surface area (Å²) in [4.78, 5) is 2.40. The lowest BCUT2D eigenvalue weighted by Crippen LogP contribution is -2.11. The Balaban J connectivity index is 1.42. The first kappa shape index (κ1) is 24.2. The van der Waals surface area contributed by atoms with E-state index < -0.39 is 0 Å². The van der Waals surface area contributed by atoms with Crippen LogP contribution in [0.5, 0.6) is 0 Å². The summed E-state index contributed by atoms with van der Waals surface area (Å²) < 4.78 is 6.25. The molecule has 42 heavy (non-hydrogen) atoms. The third-order valence-electron chi connectivity index (χ3n) is 8.06. The lowest BCUT2D eigenvalue weighted by Gasteiger charge is -2.29. The maximum absolute atomic E-state index is 6.25. The molecule has 1 heterocycles. The molecule has 8 rings (SSSR count). The van der Waals surface area contributed by atoms with Crippen LogP contribution in [0, 0.1) is 0 Å². The number of para-hydroxylation sites is 2. The van der Waals surface area contributed by atoms with Crippen LogP contribution in [0.3, 0.4) is 0 Å². The quantitative estimate of drug-likeness (QED) is 0.217. The second-order valence-corrected chi connectivity index (χ2v) is 10.5. The topological polar surface area (TPSA) is 16.4 Å². The van der Waals surface area contributed by atoms with E-state index >= 15 is 0 Å². The van der Waals surface area contributed by atoms with Crippen LogP contribution >= 0.6 is 0 Å². The van der Waals surface area contributed by atoms with Gasteiger partial charge in [0, 0.05) is 27.4 Å². The minimum Gasteiger partial charge on any atom is -0.456 e. The molecule has 0 amide bonds. The fraction of sp³-hybridized carbons (Fsp3) is 0. The van der Waals surface area contributed by atoms with E-state index in [2.05, 4.69) is 157 Å². The summed E-state index contributed by atoms with van der Waals surface area (Å²) in [6.07, 6.45) is 0. The summed E-state index contributed by atoms with van der Waals surface area (Å²) in [5.41, 5.74) is 9.90. The van der Waals surface area contributed by atoms with Gasteiger partial charge in [-0.25, -0.2) is 0 Å². The van der Waals surface area contributed by atoms with E-state index in [9.17, 15) is 0 Å². The van der Waals surface area contributed by atoms with Crippen molar-refractivity contribution in [1.29, 1.82) is 0 Å². The molecule has 0 radical (unpaired) electrons. The maximum atomic E-state index is 6.25. The third kappa shape index (κ3) is 4.05. The molecule has 198 valence electrons. The Kier molecular flexibility index (Phi) is 5.82. The molecule has 0 atom stereocenters. The Morgan fingerprint density at radius 3 is 1.83 bits per heavy atom. The van der Waals surface area contributed by atoms with Gasteiger partial charge in [0.1, 0.15) is 11.2 Å². The molecule has 0 spiro atoms. The average Bonchev–Trinajstić information content (AvgIpc) is 3.46. The van der Waals surface area contributed by atoms with Crippen molar-refractivity contribution >= 4 is 49.8 Å². The van der Waals surface area contributed by atoms with Crippen LogP contribution in [0.1, 0.15) is 0 Å². The number of furan rings is 1. The van der Waals surface area contributed by atoms with Crippen LogP contribution in [0.4, 0.5) is 17.1 Å². The van der Waals surface area contributed by atoms with Crippen LogP contribution < -0.4 is 4.90 Å². The molecule has 0 aliphatic carbocycles. The summed E-state index contributed by atoms with van der Waals surface area (Å²) in [5, 5.41) is 4.64. The van der Waals surface area contributed by atoms with Crippen LogP contribution in [-0.2, 0) is 0 Å². The minimum atomic E-state index is 0.907. The van der Waals surface area contributed by atoms with E-state index in [1.807, 2.05) is 12.1 Å². The Bertz CT molecular complexity index is 2180. The van der Waals surface area contributed by atoms with Crippen molar-refractivity contribution in [3.8, 4) is 22.3 Å². The Morgan fingerprint density at radius 1 is 0.381 bits per heavy atom. The molecule has 8 aromatic rings. The molecule has 2 nitrogen and oxygen atoms in total. The molecule has 0 aliphatic rings. The van der Waals surface area contributed by atoms with Gasteiger partial charge in [0.25, 0.3) is 0 Å². The number of hydrogen-bond donors (Lipinski definition) is 0. The normalized spacial score (nSPS) is 11.3. The molecule has 0 saturated carbocycles. The van der Waals surface area contributed by atoms with Crippen LogP contribution in [0.15, 0.2) is 168 Å². The molecular formula is C40H27NO. The van der Waals surface area contributed by atoms with E-state index in [1.165, 1.54) is 33.0 Å². The predicted molar refractivity (Wildman–Crippen MR) is 177 cm³/mol. The lowest BCUT2D eigenvalue weighted by atomic mass is 9.95. The number of nitrogens with zero attached hydrogens (tertiary/aromatic N) is 1. The van der Waals surface area contributed by atoms with Crippen LogP contribution in [0.2, 0.25) is 0 Å². The molecule has 2 heteroatoms. The molecule has 1 aromatic heterocycles. The van der Waals surface area contributed by atoms with E-state index in [1.54, 1.807) is 0 Å². The maximum Gasteiger partial charge on any atom is 0.136 e. The Morgan fingerprint density at radius 2 is 1.05 bits per heavy atom. The third-order valence-corrected chi connectivity index (χ3v) is 8.06. The smallest absolute Gasteiger partial charge is 0.136 e. The van der Waals surface area contributed by atoms with Crippen molar-refractivity contribution < 1.29 is 4.42 Å². The molecule has 0 N–H and O–H groups in total. The first-order valence-electron chi connectivity index (χ1n) is 14.3. The van der Waals surface area contributed by atoms with E-state index in [4.69, 9.17) is 4.42 Å². The number of benzene rings is 7. The zero-order valence-electron chi connectivity index (χ0n) is 22.9. The van der Waals surface area contributed by atoms with E-state index in [-0.39, 0.29) is 0 Å². The highest BCUT2D eigenvalue weighted by atomic mass is 16.3. The fourth-order valence-corrected chi connectivity index (χ4v) is 6.13. The van der Waals surface area contributed by atoms with Crippen molar-refractivity contribution in [2.45, 2.75) is 0 Å². The predicted octanol–water partition coefficient (Wildman–Crippen LogP) is 11.5. The van der Waals surface area contributed by atoms with Crippen molar-refractivity contribution in [1.82, 2.24) is 0 Å². The second kappa shape index (κ2) is 10.1. The largest absolute Gasteiger partial charge is 0.456 e. The fourth-order valence-electron chi connectivity index (χ4n) is 6.13. The highest BCUT2D eigenvalue weighted by Gasteiger charge is 2.21. The summed E-state index contributed by atoms with van der Waals surface area (Å²) in [6, 6.07) is 58.0. The lowest BCUT2D eigenvalue weighted by molar-refractivity contribution is 0.669. The summed E-state index contributed by atoms with van der Waals surface area (Å²) in [7, 11) is 0. The first-order valence-corrected chi connectivity index (χ1v) is 14.3. The number of rotatable bonds is 5. The van der Waals surface area contributed by atoms with Crippen molar-refractivity contribution in [2.75, 3.05) is 4.90 Å². The van der Waals surface area contributed by atoms with Gasteiger partial charge in [0.2, 0.25) is 0 Å². The van der Waals surface area contributed by atoms with E-state index in [0.29, 0.717) is 0 Å². The van der Waals surface area contributed by atoms with Crippen LogP contribution in [0.25, 0.3) is 55.0 Å². The van der Waals surface area contributed by atoms with Gasteiger partial charge in [-0.3, -0.25) is 0 Å². The summed E-state index contributed by atoms with van der Waals surface area (Å²) >= 11 is 0. The highest BCUT2D eigenvalue weighted by Crippen LogP contribution is 2.46. The summed E-state index contributed by atoms with van der Waals surface area (Å²) in [6.45, 7) is 0. The van der Waals surface area contributed by atoms with E-state index in [0.717, 1.165) is 39.0 Å². The average molecular weight is 538 g/mol. The van der Waals surface area contributed by atoms with Crippen molar-refractivity contribution in [3.63, 3.8) is 0 Å². The van der Waals surface area contributed by atoms with Gasteiger partial charge in [0.05, 0.1) is 11.4 Å². The monoisotopic (exact) mass is 537 g/mol. The molecule has 0 unspecified atom stereocenters. The van der Waals surface area contributed by atoms with Gasteiger partial charge >= 0.3 is 0 Å². The van der Waals surface area contributed by atoms with Gasteiger partial charge in [-0.1, -0.05) is 115 Å². The van der Waals surface area contributed by atoms with Gasteiger partial charge in [-0.15, -0.1) is 0 Å². The first-order chi connectivity index (χ1) is 20.8. The van der Waals surface area contributed by atoms with Gasteiger partial charge < -0.3 is 9.32 Å². The van der Waals surface area contributed by atoms with Crippen molar-refractivity contribution in [2.24, 2.45) is 0 Å². The summed E-state index contributed by atoms with van der Waals surface area (Å²) in [5.74, 6) is 0. The van der Waals surface area contributed by atoms with Crippen LogP contribution in [-0.4, -0.2) is 0 Å². The van der Waals surface area contributed by atoms with Gasteiger partial charge in [0.15, 0.2) is 0 Å². The minimum absolute atomic E-state index is 0.907.